The molecule has 0 saturated carbocycles. The van der Waals surface area contributed by atoms with Gasteiger partial charge in [0.15, 0.2) is 0 Å². The van der Waals surface area contributed by atoms with Crippen molar-refractivity contribution in [2.45, 2.75) is 30.6 Å². The monoisotopic (exact) mass is 335 g/mol. The van der Waals surface area contributed by atoms with E-state index >= 15 is 0 Å². The van der Waals surface area contributed by atoms with Gasteiger partial charge in [0.05, 0.1) is 38.5 Å². The summed E-state index contributed by atoms with van der Waals surface area (Å²) in [6, 6.07) is -0.771. The van der Waals surface area contributed by atoms with E-state index in [1.54, 1.807) is 9.80 Å². The molecule has 3 fully saturated rings. The van der Waals surface area contributed by atoms with Gasteiger partial charge in [0.2, 0.25) is 0 Å². The van der Waals surface area contributed by atoms with Crippen LogP contribution in [0, 0.1) is 0 Å². The number of nitrogens with one attached hydrogen (secondary N) is 1. The molecule has 0 radical (unpaired) electrons. The number of ether oxygens (including phenoxy) is 2. The molecule has 0 aromatic heterocycles. The minimum Gasteiger partial charge on any atom is -0.388 e. The van der Waals surface area contributed by atoms with Crippen LogP contribution in [-0.2, 0) is 9.47 Å². The number of halogens is 2. The molecule has 3 aliphatic rings. The van der Waals surface area contributed by atoms with Crippen LogP contribution in [0.25, 0.3) is 0 Å². The van der Waals surface area contributed by atoms with Crippen LogP contribution < -0.4 is 5.32 Å². The first-order valence-electron chi connectivity index (χ1n) is 7.98. The van der Waals surface area contributed by atoms with E-state index in [4.69, 9.17) is 9.47 Å². The van der Waals surface area contributed by atoms with E-state index < -0.39 is 24.2 Å². The summed E-state index contributed by atoms with van der Waals surface area (Å²) in [6.45, 7) is 2.47. The summed E-state index contributed by atoms with van der Waals surface area (Å²) < 4.78 is 37.1. The van der Waals surface area contributed by atoms with Crippen molar-refractivity contribution in [3.05, 3.63) is 0 Å². The highest BCUT2D eigenvalue weighted by Crippen LogP contribution is 2.28. The fourth-order valence-electron chi connectivity index (χ4n) is 3.20. The van der Waals surface area contributed by atoms with E-state index in [1.807, 2.05) is 0 Å². The van der Waals surface area contributed by atoms with Gasteiger partial charge in [-0.15, -0.1) is 0 Å². The third kappa shape index (κ3) is 4.09. The van der Waals surface area contributed by atoms with Gasteiger partial charge in [0.1, 0.15) is 6.10 Å². The largest absolute Gasteiger partial charge is 0.388 e. The zero-order chi connectivity index (χ0) is 16.4. The smallest absolute Gasteiger partial charge is 0.317 e. The maximum atomic E-state index is 13.2. The molecule has 23 heavy (non-hydrogen) atoms. The number of amides is 2. The number of aliphatic hydroxyl groups is 1. The molecule has 0 aromatic rings. The normalized spacial score (nSPS) is 34.7. The van der Waals surface area contributed by atoms with Crippen LogP contribution in [0.15, 0.2) is 0 Å². The molecule has 3 rings (SSSR count). The number of hydrogen-bond donors (Lipinski definition) is 2. The molecule has 0 bridgehead atoms. The van der Waals surface area contributed by atoms with E-state index in [2.05, 4.69) is 5.32 Å². The molecule has 132 valence electrons. The lowest BCUT2D eigenvalue weighted by Gasteiger charge is -2.29. The molecule has 0 unspecified atom stereocenters. The highest BCUT2D eigenvalue weighted by Gasteiger charge is 2.43. The van der Waals surface area contributed by atoms with E-state index in [-0.39, 0.29) is 32.1 Å². The number of alkyl halides is 2. The second-order valence-corrected chi connectivity index (χ2v) is 6.36. The molecule has 3 aliphatic heterocycles. The van der Waals surface area contributed by atoms with Crippen LogP contribution >= 0.6 is 0 Å². The van der Waals surface area contributed by atoms with Crippen molar-refractivity contribution in [3.8, 4) is 0 Å². The number of morpholine rings is 1. The summed E-state index contributed by atoms with van der Waals surface area (Å²) in [4.78, 5) is 15.3. The Morgan fingerprint density at radius 1 is 1.30 bits per heavy atom. The second-order valence-electron chi connectivity index (χ2n) is 6.36. The fraction of sp³-hybridized carbons (Fsp3) is 0.929. The van der Waals surface area contributed by atoms with Crippen LogP contribution in [-0.4, -0.2) is 97.7 Å². The number of likely N-dealkylation sites (tertiary alicyclic amines) is 1. The first-order valence-corrected chi connectivity index (χ1v) is 7.98. The Hall–Kier alpha value is -1.03. The van der Waals surface area contributed by atoms with Crippen molar-refractivity contribution in [2.24, 2.45) is 0 Å². The predicted octanol–water partition coefficient (Wildman–Crippen LogP) is -0.502. The fourth-order valence-corrected chi connectivity index (χ4v) is 3.20. The molecule has 3 heterocycles. The van der Waals surface area contributed by atoms with Gasteiger partial charge in [0, 0.05) is 32.6 Å². The van der Waals surface area contributed by atoms with E-state index in [0.717, 1.165) is 0 Å². The molecule has 2 amide bonds. The van der Waals surface area contributed by atoms with Crippen LogP contribution in [0.1, 0.15) is 6.42 Å². The van der Waals surface area contributed by atoms with Gasteiger partial charge in [-0.2, -0.15) is 0 Å². The second kappa shape index (κ2) is 6.84. The molecule has 7 nitrogen and oxygen atoms in total. The maximum absolute atomic E-state index is 13.2. The van der Waals surface area contributed by atoms with Gasteiger partial charge < -0.3 is 24.8 Å². The summed E-state index contributed by atoms with van der Waals surface area (Å²) in [5.74, 6) is -2.66. The maximum Gasteiger partial charge on any atom is 0.317 e. The third-order valence-corrected chi connectivity index (χ3v) is 4.58. The zero-order valence-corrected chi connectivity index (χ0v) is 12.9. The van der Waals surface area contributed by atoms with Gasteiger partial charge in [-0.1, -0.05) is 0 Å². The van der Waals surface area contributed by atoms with E-state index in [0.29, 0.717) is 32.8 Å². The van der Waals surface area contributed by atoms with Crippen molar-refractivity contribution in [1.29, 1.82) is 0 Å². The summed E-state index contributed by atoms with van der Waals surface area (Å²) in [5.41, 5.74) is 0. The number of hydrogen-bond acceptors (Lipinski definition) is 5. The number of urea groups is 1. The first kappa shape index (κ1) is 16.8. The molecular weight excluding hydrogens is 312 g/mol. The van der Waals surface area contributed by atoms with Crippen molar-refractivity contribution in [1.82, 2.24) is 15.1 Å². The van der Waals surface area contributed by atoms with Crippen LogP contribution in [0.3, 0.4) is 0 Å². The molecular formula is C14H23F2N3O4. The summed E-state index contributed by atoms with van der Waals surface area (Å²) in [6.07, 6.45) is -1.61. The van der Waals surface area contributed by atoms with E-state index in [9.17, 15) is 18.7 Å². The Balaban J connectivity index is 1.46. The van der Waals surface area contributed by atoms with Gasteiger partial charge in [0.25, 0.3) is 5.92 Å². The molecule has 3 atom stereocenters. The summed E-state index contributed by atoms with van der Waals surface area (Å²) >= 11 is 0. The Morgan fingerprint density at radius 3 is 2.70 bits per heavy atom. The van der Waals surface area contributed by atoms with Crippen LogP contribution in [0.4, 0.5) is 13.6 Å². The quantitative estimate of drug-likeness (QED) is 0.727. The molecule has 0 spiro atoms. The average Bonchev–Trinajstić information content (AvgIpc) is 3.04. The molecule has 0 aliphatic carbocycles. The van der Waals surface area contributed by atoms with Gasteiger partial charge >= 0.3 is 6.03 Å². The van der Waals surface area contributed by atoms with Crippen molar-refractivity contribution in [3.63, 3.8) is 0 Å². The van der Waals surface area contributed by atoms with Crippen LogP contribution in [0.5, 0.6) is 0 Å². The molecule has 0 aromatic carbocycles. The number of aliphatic hydroxyl groups excluding tert-OH is 1. The van der Waals surface area contributed by atoms with Crippen molar-refractivity contribution >= 4 is 6.03 Å². The molecule has 2 N–H and O–H groups in total. The summed E-state index contributed by atoms with van der Waals surface area (Å²) in [7, 11) is 0. The number of nitrogens with zero attached hydrogens (tertiary/aromatic N) is 2. The molecule has 9 heteroatoms. The zero-order valence-electron chi connectivity index (χ0n) is 12.9. The topological polar surface area (TPSA) is 74.3 Å². The third-order valence-electron chi connectivity index (χ3n) is 4.58. The molecule has 3 saturated heterocycles. The van der Waals surface area contributed by atoms with Crippen molar-refractivity contribution in [2.75, 3.05) is 52.5 Å². The Kier molecular flexibility index (Phi) is 5.00. The van der Waals surface area contributed by atoms with Crippen molar-refractivity contribution < 1.29 is 28.2 Å². The van der Waals surface area contributed by atoms with Gasteiger partial charge in [-0.3, -0.25) is 4.90 Å². The lowest BCUT2D eigenvalue weighted by molar-refractivity contribution is -0.00736. The minimum absolute atomic E-state index is 0.160. The Morgan fingerprint density at radius 2 is 2.04 bits per heavy atom. The summed E-state index contributed by atoms with van der Waals surface area (Å²) in [5, 5.41) is 13.0. The highest BCUT2D eigenvalue weighted by atomic mass is 19.3. The number of rotatable bonds is 3. The lowest BCUT2D eigenvalue weighted by atomic mass is 10.1. The minimum atomic E-state index is -2.66. The predicted molar refractivity (Wildman–Crippen MR) is 76.5 cm³/mol. The van der Waals surface area contributed by atoms with Gasteiger partial charge in [-0.05, 0) is 0 Å². The standard InChI is InChI=1S/C14H23F2N3O4/c15-14(16)1-2-18(9-14)7-11-12(20)10(8-23-11)17-13(21)19-3-5-22-6-4-19/h10-12,20H,1-9H2,(H,17,21)/t10-,11-,12+/m0/s1. The Bertz CT molecular complexity index is 434. The van der Waals surface area contributed by atoms with E-state index in [1.165, 1.54) is 0 Å². The Labute approximate surface area is 133 Å². The van der Waals surface area contributed by atoms with Crippen LogP contribution in [0.2, 0.25) is 0 Å². The lowest BCUT2D eigenvalue weighted by Crippen LogP contribution is -2.53. The number of carbonyl (C=O) groups is 1. The highest BCUT2D eigenvalue weighted by molar-refractivity contribution is 5.74. The number of carbonyl (C=O) groups excluding carboxylic acids is 1. The SMILES string of the molecule is O=C(N[C@H]1CO[C@@H](CN2CCC(F)(F)C2)[C@@H]1O)N1CCOCC1. The first-order chi connectivity index (χ1) is 10.9. The average molecular weight is 335 g/mol. The van der Waals surface area contributed by atoms with Gasteiger partial charge in [-0.25, -0.2) is 13.6 Å².